The fraction of sp³-hybridized carbons (Fsp3) is 0.348. The number of carbonyl (C=O) groups excluding carboxylic acids is 2. The van der Waals surface area contributed by atoms with E-state index in [2.05, 4.69) is 41.9 Å². The Morgan fingerprint density at radius 2 is 1.62 bits per heavy atom. The number of aliphatic hydroxyl groups is 1. The van der Waals surface area contributed by atoms with Gasteiger partial charge in [-0.2, -0.15) is 0 Å². The average Bonchev–Trinajstić information content (AvgIpc) is 2.76. The molecule has 0 bridgehead atoms. The second-order valence-corrected chi connectivity index (χ2v) is 7.49. The van der Waals surface area contributed by atoms with Crippen LogP contribution in [0.4, 0.5) is 0 Å². The molecule has 0 radical (unpaired) electrons. The van der Waals surface area contributed by atoms with Gasteiger partial charge in [0.2, 0.25) is 5.91 Å². The van der Waals surface area contributed by atoms with E-state index in [0.29, 0.717) is 10.6 Å². The van der Waals surface area contributed by atoms with E-state index >= 15 is 0 Å². The minimum absolute atomic E-state index is 0. The van der Waals surface area contributed by atoms with Gasteiger partial charge in [0.15, 0.2) is 5.11 Å². The van der Waals surface area contributed by atoms with Gasteiger partial charge < -0.3 is 21.5 Å². The molecule has 2 rings (SSSR count). The van der Waals surface area contributed by atoms with Crippen LogP contribution in [0.25, 0.3) is 11.1 Å². The van der Waals surface area contributed by atoms with Crippen LogP contribution in [0.3, 0.4) is 0 Å². The minimum atomic E-state index is -1.16. The molecule has 0 fully saturated rings. The maximum absolute atomic E-state index is 12.6. The summed E-state index contributed by atoms with van der Waals surface area (Å²) in [4.78, 5) is 24.9. The highest BCUT2D eigenvalue weighted by Gasteiger charge is 2.26. The molecule has 2 aromatic carbocycles. The number of hydrogen-bond acceptors (Lipinski definition) is 5. The van der Waals surface area contributed by atoms with Gasteiger partial charge in [0.1, 0.15) is 6.04 Å². The minimum Gasteiger partial charge on any atom is -0.391 e. The third kappa shape index (κ3) is 7.60. The Balaban J connectivity index is 0.00000512. The lowest BCUT2D eigenvalue weighted by Crippen LogP contribution is -2.53. The highest BCUT2D eigenvalue weighted by Crippen LogP contribution is 2.20. The van der Waals surface area contributed by atoms with E-state index in [4.69, 9.17) is 5.73 Å². The largest absolute Gasteiger partial charge is 0.391 e. The molecule has 2 amide bonds. The third-order valence-electron chi connectivity index (χ3n) is 4.77. The molecule has 2 aromatic rings. The van der Waals surface area contributed by atoms with E-state index in [1.807, 2.05) is 24.3 Å². The van der Waals surface area contributed by atoms with E-state index in [9.17, 15) is 19.9 Å². The van der Waals surface area contributed by atoms with Crippen LogP contribution < -0.4 is 16.4 Å². The van der Waals surface area contributed by atoms with E-state index in [1.165, 1.54) is 12.5 Å². The van der Waals surface area contributed by atoms with Gasteiger partial charge in [0.25, 0.3) is 5.91 Å². The van der Waals surface area contributed by atoms with Gasteiger partial charge in [-0.1, -0.05) is 50.7 Å². The molecule has 0 aliphatic heterocycles. The number of rotatable bonds is 9. The number of hydroxylamine groups is 2. The van der Waals surface area contributed by atoms with E-state index in [-0.39, 0.29) is 25.6 Å². The van der Waals surface area contributed by atoms with Crippen molar-refractivity contribution < 1.29 is 19.9 Å². The summed E-state index contributed by atoms with van der Waals surface area (Å²) >= 11 is 4.60. The van der Waals surface area contributed by atoms with Gasteiger partial charge >= 0.3 is 0 Å². The van der Waals surface area contributed by atoms with Gasteiger partial charge in [-0.25, -0.2) is 5.06 Å². The van der Waals surface area contributed by atoms with Crippen LogP contribution in [0.5, 0.6) is 0 Å². The van der Waals surface area contributed by atoms with E-state index in [0.717, 1.165) is 17.5 Å². The topological polar surface area (TPSA) is 128 Å². The van der Waals surface area contributed by atoms with Crippen molar-refractivity contribution >= 4 is 29.1 Å². The summed E-state index contributed by atoms with van der Waals surface area (Å²) in [5.41, 5.74) is 8.87. The van der Waals surface area contributed by atoms with Crippen LogP contribution in [-0.2, 0) is 11.2 Å². The molecular formula is C23H32N4O4S. The summed E-state index contributed by atoms with van der Waals surface area (Å²) in [5, 5.41) is 24.8. The molecule has 0 aromatic heterocycles. The highest BCUT2D eigenvalue weighted by atomic mass is 32.1. The Bertz CT molecular complexity index is 901. The Hall–Kier alpha value is -3.01. The third-order valence-corrected chi connectivity index (χ3v) is 4.98. The summed E-state index contributed by atoms with van der Waals surface area (Å²) < 4.78 is 0. The number of benzene rings is 2. The fourth-order valence-corrected chi connectivity index (χ4v) is 2.97. The Morgan fingerprint density at radius 3 is 2.09 bits per heavy atom. The number of hydrogen-bond donors (Lipinski definition) is 5. The molecule has 0 spiro atoms. The SMILES string of the molecule is C.CCc1ccc(-c2ccc(C(=O)N[C@H](C(=O)NCCN(O)C(N)=S)[C@@H](C)O)cc2)cc1. The first-order chi connectivity index (χ1) is 14.7. The van der Waals surface area contributed by atoms with Gasteiger partial charge in [-0.15, -0.1) is 0 Å². The van der Waals surface area contributed by atoms with Crippen LogP contribution >= 0.6 is 12.2 Å². The number of nitrogens with one attached hydrogen (secondary N) is 2. The van der Waals surface area contributed by atoms with Gasteiger partial charge in [-0.05, 0) is 54.4 Å². The van der Waals surface area contributed by atoms with Crippen molar-refractivity contribution in [2.45, 2.75) is 39.8 Å². The predicted molar refractivity (Wildman–Crippen MR) is 129 cm³/mol. The molecular weight excluding hydrogens is 428 g/mol. The quantitative estimate of drug-likeness (QED) is 0.286. The zero-order valence-corrected chi connectivity index (χ0v) is 18.4. The van der Waals surface area contributed by atoms with Crippen LogP contribution in [0.15, 0.2) is 48.5 Å². The van der Waals surface area contributed by atoms with Crippen molar-refractivity contribution in [2.24, 2.45) is 5.73 Å². The zero-order valence-electron chi connectivity index (χ0n) is 17.5. The number of nitrogens with zero attached hydrogens (tertiary/aromatic N) is 1. The summed E-state index contributed by atoms with van der Waals surface area (Å²) in [6, 6.07) is 14.0. The molecule has 32 heavy (non-hydrogen) atoms. The van der Waals surface area contributed by atoms with Crippen LogP contribution in [0.1, 0.15) is 37.2 Å². The maximum Gasteiger partial charge on any atom is 0.252 e. The molecule has 0 heterocycles. The van der Waals surface area contributed by atoms with E-state index < -0.39 is 24.0 Å². The lowest BCUT2D eigenvalue weighted by atomic mass is 10.0. The number of amides is 2. The lowest BCUT2D eigenvalue weighted by molar-refractivity contribution is -0.125. The van der Waals surface area contributed by atoms with Gasteiger partial charge in [-0.3, -0.25) is 14.8 Å². The summed E-state index contributed by atoms with van der Waals surface area (Å²) in [5.74, 6) is -1.08. The first-order valence-corrected chi connectivity index (χ1v) is 10.4. The summed E-state index contributed by atoms with van der Waals surface area (Å²) in [6.45, 7) is 3.50. The number of nitrogens with two attached hydrogens (primary N) is 1. The Morgan fingerprint density at radius 1 is 1.09 bits per heavy atom. The van der Waals surface area contributed by atoms with Crippen molar-refractivity contribution in [2.75, 3.05) is 13.1 Å². The van der Waals surface area contributed by atoms with Crippen LogP contribution in [0, 0.1) is 0 Å². The van der Waals surface area contributed by atoms with Crippen molar-refractivity contribution in [3.8, 4) is 11.1 Å². The molecule has 0 saturated heterocycles. The van der Waals surface area contributed by atoms with E-state index in [1.54, 1.807) is 12.1 Å². The van der Waals surface area contributed by atoms with Gasteiger partial charge in [0.05, 0.1) is 12.6 Å². The summed E-state index contributed by atoms with van der Waals surface area (Å²) in [7, 11) is 0. The molecule has 6 N–H and O–H groups in total. The van der Waals surface area contributed by atoms with Crippen LogP contribution in [0.2, 0.25) is 0 Å². The molecule has 2 atom stereocenters. The van der Waals surface area contributed by atoms with Crippen molar-refractivity contribution in [3.63, 3.8) is 0 Å². The first-order valence-electron chi connectivity index (χ1n) is 9.94. The molecule has 0 aliphatic carbocycles. The first kappa shape index (κ1) is 27.0. The fourth-order valence-electron chi connectivity index (χ4n) is 2.88. The van der Waals surface area contributed by atoms with Crippen LogP contribution in [-0.4, -0.2) is 57.5 Å². The monoisotopic (exact) mass is 460 g/mol. The molecule has 174 valence electrons. The standard InChI is InChI=1S/C22H28N4O4S.CH4/c1-3-15-4-6-16(7-5-15)17-8-10-18(11-9-17)20(28)25-19(14(2)27)21(29)24-12-13-26(30)22(23)31;/h4-11,14,19,27,30H,3,12-13H2,1-2H3,(H2,23,31)(H,24,29)(H,25,28);1H4/t14-,19+;/m1./s1. The second-order valence-electron chi connectivity index (χ2n) is 7.07. The van der Waals surface area contributed by atoms with Crippen molar-refractivity contribution in [1.29, 1.82) is 0 Å². The molecule has 0 aliphatic rings. The molecule has 0 saturated carbocycles. The van der Waals surface area contributed by atoms with Gasteiger partial charge in [0, 0.05) is 12.1 Å². The number of aryl methyl sites for hydroxylation is 1. The highest BCUT2D eigenvalue weighted by molar-refractivity contribution is 7.80. The summed E-state index contributed by atoms with van der Waals surface area (Å²) in [6.07, 6.45) is -0.156. The molecule has 0 unspecified atom stereocenters. The average molecular weight is 461 g/mol. The Labute approximate surface area is 194 Å². The normalized spacial score (nSPS) is 12.1. The maximum atomic E-state index is 12.6. The molecule has 9 heteroatoms. The number of aliphatic hydroxyl groups excluding tert-OH is 1. The Kier molecular flexibility index (Phi) is 10.8. The second kappa shape index (κ2) is 12.7. The number of thiocarbonyl (C=S) groups is 1. The smallest absolute Gasteiger partial charge is 0.252 e. The molecule has 8 nitrogen and oxygen atoms in total. The van der Waals surface area contributed by atoms with Crippen molar-refractivity contribution in [3.05, 3.63) is 59.7 Å². The van der Waals surface area contributed by atoms with Crippen molar-refractivity contribution in [1.82, 2.24) is 15.7 Å². The lowest BCUT2D eigenvalue weighted by Gasteiger charge is -2.22. The number of carbonyl (C=O) groups is 2. The predicted octanol–water partition coefficient (Wildman–Crippen LogP) is 2.08. The zero-order chi connectivity index (χ0) is 23.0.